The maximum atomic E-state index is 11.8. The Morgan fingerprint density at radius 3 is 2.64 bits per heavy atom. The number of fused-ring (bicyclic) bond motifs is 1. The molecule has 0 aliphatic rings. The van der Waals surface area contributed by atoms with Crippen LogP contribution >= 0.6 is 11.6 Å². The summed E-state index contributed by atoms with van der Waals surface area (Å²) < 4.78 is 5.53. The van der Waals surface area contributed by atoms with Crippen LogP contribution < -0.4 is 15.1 Å². The van der Waals surface area contributed by atoms with Crippen LogP contribution in [0.1, 0.15) is 10.4 Å². The molecule has 0 aliphatic heterocycles. The number of aromatic amines is 1. The van der Waals surface area contributed by atoms with Crippen molar-refractivity contribution in [2.45, 2.75) is 0 Å². The van der Waals surface area contributed by atoms with E-state index in [0.29, 0.717) is 27.2 Å². The van der Waals surface area contributed by atoms with Crippen LogP contribution in [0.2, 0.25) is 5.02 Å². The number of H-pyrrole nitrogens is 1. The van der Waals surface area contributed by atoms with E-state index in [1.165, 1.54) is 6.20 Å². The highest BCUT2D eigenvalue weighted by atomic mass is 35.5. The predicted molar refractivity (Wildman–Crippen MR) is 98.9 cm³/mol. The van der Waals surface area contributed by atoms with Gasteiger partial charge in [-0.15, -0.1) is 0 Å². The predicted octanol–water partition coefficient (Wildman–Crippen LogP) is 3.68. The van der Waals surface area contributed by atoms with Gasteiger partial charge in [-0.2, -0.15) is 0 Å². The molecule has 6 nitrogen and oxygen atoms in total. The maximum absolute atomic E-state index is 11.8. The van der Waals surface area contributed by atoms with Crippen LogP contribution in [0.4, 0.5) is 5.69 Å². The largest absolute Gasteiger partial charge is 0.496 e. The Hall–Kier alpha value is -2.70. The van der Waals surface area contributed by atoms with Crippen LogP contribution in [0.5, 0.6) is 5.75 Å². The number of nitrogens with zero attached hydrogens (tertiary/aromatic N) is 1. The summed E-state index contributed by atoms with van der Waals surface area (Å²) in [6.07, 6.45) is 1.53. The van der Waals surface area contributed by atoms with Crippen molar-refractivity contribution in [3.63, 3.8) is 0 Å². The van der Waals surface area contributed by atoms with Gasteiger partial charge in [-0.25, -0.2) is 5.48 Å². The number of hydrogen-bond donors (Lipinski definition) is 3. The third-order valence-electron chi connectivity index (χ3n) is 4.11. The molecule has 0 fully saturated rings. The highest BCUT2D eigenvalue weighted by Crippen LogP contribution is 2.39. The first-order valence-corrected chi connectivity index (χ1v) is 7.95. The second kappa shape index (κ2) is 6.66. The van der Waals surface area contributed by atoms with Crippen LogP contribution in [0.25, 0.3) is 22.0 Å². The van der Waals surface area contributed by atoms with Crippen LogP contribution in [0.15, 0.2) is 36.5 Å². The van der Waals surface area contributed by atoms with E-state index in [-0.39, 0.29) is 0 Å². The Balaban J connectivity index is 2.21. The molecule has 25 heavy (non-hydrogen) atoms. The molecule has 130 valence electrons. The van der Waals surface area contributed by atoms with Gasteiger partial charge in [-0.1, -0.05) is 11.6 Å². The summed E-state index contributed by atoms with van der Waals surface area (Å²) in [5, 5.41) is 10.1. The number of carbonyl (C=O) groups excluding carboxylic acids is 1. The van der Waals surface area contributed by atoms with Crippen molar-refractivity contribution in [2.24, 2.45) is 0 Å². The second-order valence-electron chi connectivity index (χ2n) is 5.80. The Bertz CT molecular complexity index is 950. The first-order chi connectivity index (χ1) is 12.0. The molecule has 0 atom stereocenters. The summed E-state index contributed by atoms with van der Waals surface area (Å²) >= 11 is 6.46. The summed E-state index contributed by atoms with van der Waals surface area (Å²) in [6.45, 7) is 0. The lowest BCUT2D eigenvalue weighted by molar-refractivity contribution is 0.0708. The van der Waals surface area contributed by atoms with Gasteiger partial charge in [-0.3, -0.25) is 10.0 Å². The lowest BCUT2D eigenvalue weighted by Gasteiger charge is -2.17. The Kier molecular flexibility index (Phi) is 4.57. The summed E-state index contributed by atoms with van der Waals surface area (Å²) in [6, 6.07) is 9.39. The highest BCUT2D eigenvalue weighted by Gasteiger charge is 2.17. The molecular formula is C18H18ClN3O3. The van der Waals surface area contributed by atoms with E-state index in [9.17, 15) is 4.79 Å². The van der Waals surface area contributed by atoms with Crippen molar-refractivity contribution in [1.29, 1.82) is 0 Å². The monoisotopic (exact) mass is 359 g/mol. The van der Waals surface area contributed by atoms with Crippen LogP contribution in [-0.4, -0.2) is 37.3 Å². The molecule has 0 saturated heterocycles. The van der Waals surface area contributed by atoms with Gasteiger partial charge in [0.1, 0.15) is 5.75 Å². The van der Waals surface area contributed by atoms with Crippen LogP contribution in [-0.2, 0) is 0 Å². The molecule has 0 unspecified atom stereocenters. The Morgan fingerprint density at radius 1 is 1.24 bits per heavy atom. The number of methoxy groups -OCH3 is 1. The van der Waals surface area contributed by atoms with Gasteiger partial charge in [0.25, 0.3) is 5.91 Å². The van der Waals surface area contributed by atoms with Crippen molar-refractivity contribution in [3.05, 3.63) is 47.1 Å². The van der Waals surface area contributed by atoms with Crippen molar-refractivity contribution >= 4 is 34.1 Å². The van der Waals surface area contributed by atoms with Gasteiger partial charge in [-0.05, 0) is 24.3 Å². The van der Waals surface area contributed by atoms with E-state index in [1.807, 2.05) is 43.3 Å². The average molecular weight is 360 g/mol. The lowest BCUT2D eigenvalue weighted by Crippen LogP contribution is -2.18. The fourth-order valence-corrected chi connectivity index (χ4v) is 3.04. The Labute approximate surface area is 149 Å². The lowest BCUT2D eigenvalue weighted by atomic mass is 10.0. The third kappa shape index (κ3) is 3.01. The van der Waals surface area contributed by atoms with E-state index in [2.05, 4.69) is 4.98 Å². The normalized spacial score (nSPS) is 10.8. The number of benzene rings is 2. The summed E-state index contributed by atoms with van der Waals surface area (Å²) in [7, 11) is 5.51. The van der Waals surface area contributed by atoms with E-state index in [4.69, 9.17) is 21.5 Å². The first kappa shape index (κ1) is 17.1. The van der Waals surface area contributed by atoms with Gasteiger partial charge < -0.3 is 14.6 Å². The summed E-state index contributed by atoms with van der Waals surface area (Å²) in [5.74, 6) is 0.0885. The second-order valence-corrected chi connectivity index (χ2v) is 6.21. The minimum absolute atomic E-state index is 0.333. The van der Waals surface area contributed by atoms with Crippen LogP contribution in [0.3, 0.4) is 0 Å². The zero-order valence-electron chi connectivity index (χ0n) is 14.1. The number of anilines is 1. The number of ether oxygens (including phenoxy) is 1. The molecule has 1 aromatic heterocycles. The number of carbonyl (C=O) groups is 1. The average Bonchev–Trinajstić information content (AvgIpc) is 3.02. The molecule has 0 radical (unpaired) electrons. The van der Waals surface area contributed by atoms with Crippen molar-refractivity contribution in [3.8, 4) is 16.9 Å². The zero-order chi connectivity index (χ0) is 18.1. The van der Waals surface area contributed by atoms with Crippen molar-refractivity contribution < 1.29 is 14.7 Å². The third-order valence-corrected chi connectivity index (χ3v) is 4.42. The fourth-order valence-electron chi connectivity index (χ4n) is 2.78. The number of halogens is 1. The van der Waals surface area contributed by atoms with Crippen molar-refractivity contribution in [2.75, 3.05) is 26.1 Å². The molecule has 7 heteroatoms. The Morgan fingerprint density at radius 2 is 2.00 bits per heavy atom. The molecular weight excluding hydrogens is 342 g/mol. The number of rotatable bonds is 4. The minimum Gasteiger partial charge on any atom is -0.496 e. The van der Waals surface area contributed by atoms with E-state index < -0.39 is 5.91 Å². The number of hydrogen-bond acceptors (Lipinski definition) is 4. The number of amides is 1. The molecule has 3 N–H and O–H groups in total. The molecule has 2 aromatic carbocycles. The molecule has 1 amide bonds. The first-order valence-electron chi connectivity index (χ1n) is 7.57. The van der Waals surface area contributed by atoms with Gasteiger partial charge >= 0.3 is 0 Å². The van der Waals surface area contributed by atoms with E-state index in [0.717, 1.165) is 16.8 Å². The van der Waals surface area contributed by atoms with Crippen molar-refractivity contribution in [1.82, 2.24) is 10.5 Å². The molecule has 0 bridgehead atoms. The van der Waals surface area contributed by atoms with Crippen LogP contribution in [0, 0.1) is 0 Å². The topological polar surface area (TPSA) is 77.6 Å². The SMILES string of the molecule is COc1cc(N(C)C)ccc1-c1cc2c(C(=O)NO)c[nH]c2cc1Cl. The van der Waals surface area contributed by atoms with Gasteiger partial charge in [0.2, 0.25) is 0 Å². The summed E-state index contributed by atoms with van der Waals surface area (Å²) in [4.78, 5) is 16.8. The zero-order valence-corrected chi connectivity index (χ0v) is 14.8. The van der Waals surface area contributed by atoms with E-state index in [1.54, 1.807) is 18.7 Å². The standard InChI is InChI=1S/C18H18ClN3O3/c1-22(2)10-4-5-11(17(6-10)25-3)12-7-13-14(18(23)21-24)9-20-16(13)8-15(12)19/h4-9,20,24H,1-3H3,(H,21,23). The smallest absolute Gasteiger partial charge is 0.276 e. The van der Waals surface area contributed by atoms with Gasteiger partial charge in [0.05, 0.1) is 17.7 Å². The van der Waals surface area contributed by atoms with Gasteiger partial charge in [0, 0.05) is 54.1 Å². The highest BCUT2D eigenvalue weighted by molar-refractivity contribution is 6.34. The molecule has 0 spiro atoms. The number of hydroxylamine groups is 1. The molecule has 0 saturated carbocycles. The van der Waals surface area contributed by atoms with E-state index >= 15 is 0 Å². The maximum Gasteiger partial charge on any atom is 0.276 e. The number of nitrogens with one attached hydrogen (secondary N) is 2. The minimum atomic E-state index is -0.588. The molecule has 3 aromatic rings. The summed E-state index contributed by atoms with van der Waals surface area (Å²) in [5.41, 5.74) is 5.25. The molecule has 0 aliphatic carbocycles. The van der Waals surface area contributed by atoms with Gasteiger partial charge in [0.15, 0.2) is 0 Å². The molecule has 3 rings (SSSR count). The fraction of sp³-hybridized carbons (Fsp3) is 0.167. The number of aromatic nitrogens is 1. The quantitative estimate of drug-likeness (QED) is 0.490. The molecule has 1 heterocycles.